The molecule has 0 bridgehead atoms. The number of aromatic nitrogens is 2. The van der Waals surface area contributed by atoms with Crippen LogP contribution >= 0.6 is 11.3 Å². The fourth-order valence-electron chi connectivity index (χ4n) is 1.24. The number of carbonyl (C=O) groups is 1. The molecule has 0 aliphatic rings. The molecule has 90 valence electrons. The summed E-state index contributed by atoms with van der Waals surface area (Å²) in [7, 11) is 0. The molecule has 0 aliphatic carbocycles. The minimum absolute atomic E-state index is 0.0110. The smallest absolute Gasteiger partial charge is 0.332 e. The highest BCUT2D eigenvalue weighted by Crippen LogP contribution is 2.07. The van der Waals surface area contributed by atoms with Crippen LogP contribution in [0.4, 0.5) is 0 Å². The lowest BCUT2D eigenvalue weighted by atomic mass is 10.4. The first-order chi connectivity index (χ1) is 8.08. The summed E-state index contributed by atoms with van der Waals surface area (Å²) in [4.78, 5) is 26.9. The van der Waals surface area contributed by atoms with Crippen LogP contribution in [0.2, 0.25) is 0 Å². The van der Waals surface area contributed by atoms with Gasteiger partial charge in [0.25, 0.3) is 5.56 Å². The second kappa shape index (κ2) is 4.64. The van der Waals surface area contributed by atoms with Gasteiger partial charge in [0.05, 0.1) is 12.3 Å². The topological polar surface area (TPSA) is 80.9 Å². The third-order valence-corrected chi connectivity index (χ3v) is 2.94. The maximum Gasteiger partial charge on any atom is 0.332 e. The molecule has 0 saturated carbocycles. The molecule has 2 aromatic rings. The molecule has 17 heavy (non-hydrogen) atoms. The number of nitrogens with zero attached hydrogens (tertiary/aromatic N) is 2. The van der Waals surface area contributed by atoms with Crippen LogP contribution in [-0.4, -0.2) is 26.6 Å². The lowest BCUT2D eigenvalue weighted by molar-refractivity contribution is -0.149. The lowest BCUT2D eigenvalue weighted by Crippen LogP contribution is -2.21. The maximum atomic E-state index is 11.6. The van der Waals surface area contributed by atoms with Crippen molar-refractivity contribution in [1.29, 1.82) is 0 Å². The van der Waals surface area contributed by atoms with Gasteiger partial charge in [0.1, 0.15) is 0 Å². The lowest BCUT2D eigenvalue weighted by Gasteiger charge is -2.07. The first-order valence-electron chi connectivity index (χ1n) is 4.88. The van der Waals surface area contributed by atoms with Gasteiger partial charge in [0.15, 0.2) is 11.1 Å². The van der Waals surface area contributed by atoms with E-state index in [1.54, 1.807) is 11.6 Å². The van der Waals surface area contributed by atoms with E-state index in [1.807, 2.05) is 0 Å². The van der Waals surface area contributed by atoms with Crippen molar-refractivity contribution in [2.75, 3.05) is 0 Å². The highest BCUT2D eigenvalue weighted by molar-refractivity contribution is 7.15. The van der Waals surface area contributed by atoms with Crippen LogP contribution in [-0.2, 0) is 16.1 Å². The second-order valence-electron chi connectivity index (χ2n) is 3.43. The number of carboxylic acids is 1. The number of carboxylic acid groups (broad SMARTS) is 1. The molecule has 0 aliphatic heterocycles. The Hall–Kier alpha value is -1.73. The molecule has 0 aromatic carbocycles. The van der Waals surface area contributed by atoms with Crippen LogP contribution in [0.1, 0.15) is 12.6 Å². The van der Waals surface area contributed by atoms with E-state index in [4.69, 9.17) is 9.84 Å². The van der Waals surface area contributed by atoms with Gasteiger partial charge >= 0.3 is 5.97 Å². The van der Waals surface area contributed by atoms with Gasteiger partial charge < -0.3 is 9.84 Å². The first kappa shape index (κ1) is 11.7. The van der Waals surface area contributed by atoms with Gasteiger partial charge in [-0.1, -0.05) is 0 Å². The van der Waals surface area contributed by atoms with E-state index in [0.29, 0.717) is 10.7 Å². The molecule has 7 heteroatoms. The summed E-state index contributed by atoms with van der Waals surface area (Å²) in [6, 6.07) is 1.34. The van der Waals surface area contributed by atoms with Crippen LogP contribution < -0.4 is 5.56 Å². The highest BCUT2D eigenvalue weighted by atomic mass is 32.1. The van der Waals surface area contributed by atoms with Crippen LogP contribution in [0, 0.1) is 0 Å². The predicted molar refractivity (Wildman–Crippen MR) is 61.2 cm³/mol. The molecule has 0 saturated heterocycles. The van der Waals surface area contributed by atoms with Gasteiger partial charge in [-0.15, -0.1) is 11.3 Å². The zero-order valence-electron chi connectivity index (χ0n) is 8.99. The normalized spacial score (nSPS) is 12.8. The van der Waals surface area contributed by atoms with Crippen molar-refractivity contribution >= 4 is 22.3 Å². The molecule has 6 nitrogen and oxygen atoms in total. The maximum absolute atomic E-state index is 11.6. The van der Waals surface area contributed by atoms with Gasteiger partial charge in [0, 0.05) is 17.6 Å². The minimum Gasteiger partial charge on any atom is -0.479 e. The number of ether oxygens (including phenoxy) is 1. The van der Waals surface area contributed by atoms with Gasteiger partial charge in [-0.25, -0.2) is 9.78 Å². The number of aliphatic carboxylic acids is 1. The van der Waals surface area contributed by atoms with E-state index in [2.05, 4.69) is 4.98 Å². The Morgan fingerprint density at radius 3 is 3.18 bits per heavy atom. The standard InChI is InChI=1S/C10H10N2O4S/c1-6(9(14)15)16-5-7-4-8(13)12-2-3-17-10(12)11-7/h2-4,6H,5H2,1H3,(H,14,15)/t6-/m0/s1. The Morgan fingerprint density at radius 1 is 1.71 bits per heavy atom. The van der Waals surface area contributed by atoms with E-state index in [0.717, 1.165) is 0 Å². The monoisotopic (exact) mass is 254 g/mol. The van der Waals surface area contributed by atoms with Gasteiger partial charge in [-0.05, 0) is 6.92 Å². The Balaban J connectivity index is 2.19. The third kappa shape index (κ3) is 2.51. The third-order valence-electron chi connectivity index (χ3n) is 2.19. The number of thiazole rings is 1. The molecule has 0 spiro atoms. The minimum atomic E-state index is -1.04. The van der Waals surface area contributed by atoms with Gasteiger partial charge in [-0.3, -0.25) is 9.20 Å². The average molecular weight is 254 g/mol. The highest BCUT2D eigenvalue weighted by Gasteiger charge is 2.12. The molecule has 1 atom stereocenters. The van der Waals surface area contributed by atoms with E-state index >= 15 is 0 Å². The van der Waals surface area contributed by atoms with E-state index in [-0.39, 0.29) is 12.2 Å². The molecule has 0 amide bonds. The first-order valence-corrected chi connectivity index (χ1v) is 5.76. The summed E-state index contributed by atoms with van der Waals surface area (Å²) in [5.74, 6) is -1.04. The van der Waals surface area contributed by atoms with Crippen molar-refractivity contribution in [2.24, 2.45) is 0 Å². The zero-order valence-corrected chi connectivity index (χ0v) is 9.81. The number of hydrogen-bond acceptors (Lipinski definition) is 5. The summed E-state index contributed by atoms with van der Waals surface area (Å²) < 4.78 is 6.49. The summed E-state index contributed by atoms with van der Waals surface area (Å²) in [6.07, 6.45) is 0.721. The average Bonchev–Trinajstić information content (AvgIpc) is 2.74. The largest absolute Gasteiger partial charge is 0.479 e. The molecule has 2 heterocycles. The van der Waals surface area contributed by atoms with Crippen molar-refractivity contribution < 1.29 is 14.6 Å². The Labute approximate surface area is 100 Å². The SMILES string of the molecule is C[C@H](OCc1cc(=O)n2ccsc2n1)C(=O)O. The molecule has 2 aromatic heterocycles. The Morgan fingerprint density at radius 2 is 2.47 bits per heavy atom. The fourth-order valence-corrected chi connectivity index (χ4v) is 1.98. The quantitative estimate of drug-likeness (QED) is 0.870. The number of rotatable bonds is 4. The molecular weight excluding hydrogens is 244 g/mol. The van der Waals surface area contributed by atoms with E-state index in [1.165, 1.54) is 28.7 Å². The van der Waals surface area contributed by atoms with Crippen LogP contribution in [0.3, 0.4) is 0 Å². The van der Waals surface area contributed by atoms with Crippen molar-refractivity contribution in [3.8, 4) is 0 Å². The Bertz CT molecular complexity index is 604. The van der Waals surface area contributed by atoms with Crippen molar-refractivity contribution in [2.45, 2.75) is 19.6 Å². The van der Waals surface area contributed by atoms with Crippen LogP contribution in [0.5, 0.6) is 0 Å². The zero-order chi connectivity index (χ0) is 12.4. The molecule has 2 rings (SSSR count). The second-order valence-corrected chi connectivity index (χ2v) is 4.31. The molecule has 0 radical (unpaired) electrons. The van der Waals surface area contributed by atoms with Crippen LogP contribution in [0.25, 0.3) is 4.96 Å². The molecule has 1 N–H and O–H groups in total. The fraction of sp³-hybridized carbons (Fsp3) is 0.300. The van der Waals surface area contributed by atoms with Crippen LogP contribution in [0.15, 0.2) is 22.4 Å². The van der Waals surface area contributed by atoms with Gasteiger partial charge in [-0.2, -0.15) is 0 Å². The van der Waals surface area contributed by atoms with Crippen molar-refractivity contribution in [3.05, 3.63) is 33.7 Å². The number of hydrogen-bond donors (Lipinski definition) is 1. The van der Waals surface area contributed by atoms with Crippen molar-refractivity contribution in [1.82, 2.24) is 9.38 Å². The molecule has 0 unspecified atom stereocenters. The van der Waals surface area contributed by atoms with E-state index < -0.39 is 12.1 Å². The predicted octanol–water partition coefficient (Wildman–Crippen LogP) is 0.746. The Kier molecular flexibility index (Phi) is 3.21. The summed E-state index contributed by atoms with van der Waals surface area (Å²) in [6.45, 7) is 1.44. The summed E-state index contributed by atoms with van der Waals surface area (Å²) in [5, 5.41) is 10.4. The number of fused-ring (bicyclic) bond motifs is 1. The molecule has 0 fully saturated rings. The van der Waals surface area contributed by atoms with Crippen molar-refractivity contribution in [3.63, 3.8) is 0 Å². The van der Waals surface area contributed by atoms with E-state index in [9.17, 15) is 9.59 Å². The molecular formula is C10H10N2O4S. The summed E-state index contributed by atoms with van der Waals surface area (Å²) in [5.41, 5.74) is 0.239. The summed E-state index contributed by atoms with van der Waals surface area (Å²) >= 11 is 1.34. The van der Waals surface area contributed by atoms with Gasteiger partial charge in [0.2, 0.25) is 0 Å².